The molecular formula is C17H19BrN2O. The van der Waals surface area contributed by atoms with Gasteiger partial charge in [-0.1, -0.05) is 40.2 Å². The largest absolute Gasteiger partial charge is 0.497 e. The van der Waals surface area contributed by atoms with E-state index in [1.165, 1.54) is 16.7 Å². The fourth-order valence-electron chi connectivity index (χ4n) is 3.05. The molecule has 1 aliphatic rings. The van der Waals surface area contributed by atoms with E-state index in [0.29, 0.717) is 5.92 Å². The Morgan fingerprint density at radius 1 is 1.33 bits per heavy atom. The van der Waals surface area contributed by atoms with Crippen molar-refractivity contribution in [3.63, 3.8) is 0 Å². The van der Waals surface area contributed by atoms with Gasteiger partial charge in [0.2, 0.25) is 0 Å². The van der Waals surface area contributed by atoms with E-state index >= 15 is 0 Å². The molecule has 0 heterocycles. The molecule has 0 aliphatic heterocycles. The Bertz CT molecular complexity index is 644. The first-order valence-electron chi connectivity index (χ1n) is 7.09. The van der Waals surface area contributed by atoms with Gasteiger partial charge in [0, 0.05) is 16.4 Å². The average Bonchev–Trinajstić information content (AvgIpc) is 2.49. The Hall–Kier alpha value is -1.36. The molecule has 3 nitrogen and oxygen atoms in total. The van der Waals surface area contributed by atoms with Crippen LogP contribution in [0, 0.1) is 0 Å². The summed E-state index contributed by atoms with van der Waals surface area (Å²) in [5.41, 5.74) is 7.06. The van der Waals surface area contributed by atoms with Gasteiger partial charge in [-0.2, -0.15) is 0 Å². The smallest absolute Gasteiger partial charge is 0.119 e. The molecule has 0 saturated heterocycles. The Morgan fingerprint density at radius 3 is 2.86 bits per heavy atom. The second-order valence-electron chi connectivity index (χ2n) is 5.44. The van der Waals surface area contributed by atoms with Crippen molar-refractivity contribution in [2.24, 2.45) is 5.84 Å². The highest BCUT2D eigenvalue weighted by Crippen LogP contribution is 2.38. The number of halogens is 1. The van der Waals surface area contributed by atoms with Crippen molar-refractivity contribution in [1.29, 1.82) is 0 Å². The average molecular weight is 347 g/mol. The van der Waals surface area contributed by atoms with Gasteiger partial charge >= 0.3 is 0 Å². The van der Waals surface area contributed by atoms with Crippen molar-refractivity contribution in [3.8, 4) is 5.75 Å². The molecule has 2 atom stereocenters. The van der Waals surface area contributed by atoms with E-state index in [0.717, 1.165) is 23.1 Å². The van der Waals surface area contributed by atoms with Crippen LogP contribution in [0.1, 0.15) is 22.6 Å². The predicted molar refractivity (Wildman–Crippen MR) is 88.4 cm³/mol. The van der Waals surface area contributed by atoms with Crippen LogP contribution in [-0.4, -0.2) is 13.2 Å². The lowest BCUT2D eigenvalue weighted by Crippen LogP contribution is -2.45. The van der Waals surface area contributed by atoms with Crippen LogP contribution in [0.3, 0.4) is 0 Å². The van der Waals surface area contributed by atoms with E-state index in [4.69, 9.17) is 10.6 Å². The zero-order valence-corrected chi connectivity index (χ0v) is 13.6. The Balaban J connectivity index is 1.80. The summed E-state index contributed by atoms with van der Waals surface area (Å²) in [7, 11) is 1.69. The van der Waals surface area contributed by atoms with Crippen molar-refractivity contribution in [1.82, 2.24) is 5.43 Å². The highest BCUT2D eigenvalue weighted by molar-refractivity contribution is 9.10. The van der Waals surface area contributed by atoms with Gasteiger partial charge < -0.3 is 4.74 Å². The lowest BCUT2D eigenvalue weighted by atomic mass is 9.72. The summed E-state index contributed by atoms with van der Waals surface area (Å²) in [5.74, 6) is 7.16. The van der Waals surface area contributed by atoms with Crippen LogP contribution in [0.5, 0.6) is 5.75 Å². The molecular weight excluding hydrogens is 328 g/mol. The molecule has 0 radical (unpaired) electrons. The number of methoxy groups -OCH3 is 1. The number of nitrogens with two attached hydrogens (primary N) is 1. The van der Waals surface area contributed by atoms with Gasteiger partial charge in [-0.3, -0.25) is 11.3 Å². The Kier molecular flexibility index (Phi) is 4.29. The van der Waals surface area contributed by atoms with Crippen LogP contribution in [0.25, 0.3) is 0 Å². The lowest BCUT2D eigenvalue weighted by Gasteiger charge is -2.36. The summed E-state index contributed by atoms with van der Waals surface area (Å²) >= 11 is 3.61. The second-order valence-corrected chi connectivity index (χ2v) is 6.30. The van der Waals surface area contributed by atoms with E-state index < -0.39 is 0 Å². The van der Waals surface area contributed by atoms with Crippen LogP contribution in [0.15, 0.2) is 46.9 Å². The molecule has 4 heteroatoms. The third-order valence-corrected chi connectivity index (χ3v) is 5.06. The minimum atomic E-state index is 0.225. The minimum absolute atomic E-state index is 0.225. The number of nitrogens with one attached hydrogen (secondary N) is 1. The third-order valence-electron chi connectivity index (χ3n) is 4.29. The quantitative estimate of drug-likeness (QED) is 0.645. The van der Waals surface area contributed by atoms with Gasteiger partial charge in [0.25, 0.3) is 0 Å². The van der Waals surface area contributed by atoms with Crippen molar-refractivity contribution in [2.45, 2.75) is 24.8 Å². The first-order valence-corrected chi connectivity index (χ1v) is 7.88. The Morgan fingerprint density at radius 2 is 2.14 bits per heavy atom. The number of ether oxygens (including phenoxy) is 1. The molecule has 3 rings (SSSR count). The summed E-state index contributed by atoms with van der Waals surface area (Å²) in [5, 5.41) is 0. The topological polar surface area (TPSA) is 47.3 Å². The molecule has 21 heavy (non-hydrogen) atoms. The number of hydrogen-bond acceptors (Lipinski definition) is 3. The fraction of sp³-hybridized carbons (Fsp3) is 0.294. The molecule has 0 amide bonds. The van der Waals surface area contributed by atoms with Crippen LogP contribution in [0.2, 0.25) is 0 Å². The molecule has 0 aromatic heterocycles. The predicted octanol–water partition coefficient (Wildman–Crippen LogP) is 3.17. The Labute approximate surface area is 133 Å². The van der Waals surface area contributed by atoms with Crippen molar-refractivity contribution >= 4 is 15.9 Å². The third kappa shape index (κ3) is 2.84. The van der Waals surface area contributed by atoms with E-state index in [9.17, 15) is 0 Å². The first-order chi connectivity index (χ1) is 10.2. The normalized spacial score (nSPS) is 17.8. The molecule has 2 unspecified atom stereocenters. The number of hydrogen-bond donors (Lipinski definition) is 2. The molecule has 0 bridgehead atoms. The summed E-state index contributed by atoms with van der Waals surface area (Å²) in [4.78, 5) is 0. The van der Waals surface area contributed by atoms with Gasteiger partial charge in [-0.05, 0) is 47.7 Å². The molecule has 0 spiro atoms. The van der Waals surface area contributed by atoms with Crippen LogP contribution in [0.4, 0.5) is 0 Å². The summed E-state index contributed by atoms with van der Waals surface area (Å²) in [6, 6.07) is 14.9. The van der Waals surface area contributed by atoms with Gasteiger partial charge in [0.1, 0.15) is 5.75 Å². The monoisotopic (exact) mass is 346 g/mol. The van der Waals surface area contributed by atoms with Gasteiger partial charge in [-0.25, -0.2) is 0 Å². The van der Waals surface area contributed by atoms with E-state index in [2.05, 4.69) is 51.7 Å². The maximum atomic E-state index is 5.81. The molecule has 0 fully saturated rings. The molecule has 2 aromatic carbocycles. The van der Waals surface area contributed by atoms with E-state index in [1.807, 2.05) is 12.1 Å². The maximum absolute atomic E-state index is 5.81. The number of hydrazine groups is 1. The van der Waals surface area contributed by atoms with Crippen molar-refractivity contribution in [2.75, 3.05) is 7.11 Å². The zero-order valence-electron chi connectivity index (χ0n) is 12.0. The van der Waals surface area contributed by atoms with E-state index in [-0.39, 0.29) is 6.04 Å². The highest BCUT2D eigenvalue weighted by atomic mass is 79.9. The lowest BCUT2D eigenvalue weighted by molar-refractivity contribution is 0.399. The maximum Gasteiger partial charge on any atom is 0.119 e. The number of benzene rings is 2. The van der Waals surface area contributed by atoms with Gasteiger partial charge in [0.15, 0.2) is 0 Å². The molecule has 2 aromatic rings. The van der Waals surface area contributed by atoms with Crippen LogP contribution >= 0.6 is 15.9 Å². The molecule has 3 N–H and O–H groups in total. The van der Waals surface area contributed by atoms with Crippen LogP contribution in [-0.2, 0) is 12.8 Å². The first kappa shape index (κ1) is 14.6. The minimum Gasteiger partial charge on any atom is -0.497 e. The summed E-state index contributed by atoms with van der Waals surface area (Å²) < 4.78 is 6.40. The molecule has 1 aliphatic carbocycles. The number of fused-ring (bicyclic) bond motifs is 1. The van der Waals surface area contributed by atoms with Crippen molar-refractivity contribution in [3.05, 3.63) is 63.6 Å². The van der Waals surface area contributed by atoms with Crippen molar-refractivity contribution < 1.29 is 4.74 Å². The molecule has 0 saturated carbocycles. The zero-order chi connectivity index (χ0) is 14.8. The fourth-order valence-corrected chi connectivity index (χ4v) is 3.45. The summed E-state index contributed by atoms with van der Waals surface area (Å²) in [6.45, 7) is 0. The highest BCUT2D eigenvalue weighted by Gasteiger charge is 2.32. The SMILES string of the molecule is COc1ccc(Br)c(CC(NN)C2Cc3ccccc32)c1. The van der Waals surface area contributed by atoms with Gasteiger partial charge in [-0.15, -0.1) is 0 Å². The standard InChI is InChI=1S/C17H19BrN2O/c1-21-13-6-7-16(18)12(8-13)10-17(20-19)15-9-11-4-2-3-5-14(11)15/h2-8,15,17,20H,9-10,19H2,1H3. The van der Waals surface area contributed by atoms with Crippen LogP contribution < -0.4 is 16.0 Å². The van der Waals surface area contributed by atoms with Gasteiger partial charge in [0.05, 0.1) is 7.11 Å². The summed E-state index contributed by atoms with van der Waals surface area (Å²) in [6.07, 6.45) is 1.96. The number of rotatable bonds is 5. The molecule has 110 valence electrons. The second kappa shape index (κ2) is 6.18. The van der Waals surface area contributed by atoms with E-state index in [1.54, 1.807) is 7.11 Å².